The van der Waals surface area contributed by atoms with Gasteiger partial charge in [-0.2, -0.15) is 0 Å². The van der Waals surface area contributed by atoms with E-state index in [1.807, 2.05) is 12.1 Å². The highest BCUT2D eigenvalue weighted by molar-refractivity contribution is 6.67. The molecular weight excluding hydrogens is 220 g/mol. The number of hydrogen-bond donors (Lipinski definition) is 1. The number of hydrogen-bond acceptors (Lipinski definition) is 3. The minimum Gasteiger partial charge on any atom is -0.508 e. The molecule has 0 saturated heterocycles. The maximum absolute atomic E-state index is 9.22. The molecule has 0 amide bonds. The van der Waals surface area contributed by atoms with Gasteiger partial charge in [0.05, 0.1) is 0 Å². The van der Waals surface area contributed by atoms with Gasteiger partial charge in [0.2, 0.25) is 9.04 Å². The van der Waals surface area contributed by atoms with Crippen LogP contribution in [0.4, 0.5) is 0 Å². The number of phenols is 1. The third kappa shape index (κ3) is 4.34. The molecule has 0 saturated carbocycles. The molecule has 4 heteroatoms. The molecule has 1 rings (SSSR count). The van der Waals surface area contributed by atoms with Gasteiger partial charge in [0.1, 0.15) is 5.75 Å². The second kappa shape index (κ2) is 7.43. The zero-order valence-corrected chi connectivity index (χ0v) is 11.1. The van der Waals surface area contributed by atoms with E-state index in [1.165, 1.54) is 5.19 Å². The van der Waals surface area contributed by atoms with Gasteiger partial charge in [0.15, 0.2) is 0 Å². The maximum Gasteiger partial charge on any atom is 0.207 e. The minimum atomic E-state index is -1.30. The molecule has 0 aromatic heterocycles. The Morgan fingerprint density at radius 2 is 1.88 bits per heavy atom. The molecule has 0 heterocycles. The summed E-state index contributed by atoms with van der Waals surface area (Å²) in [5, 5.41) is 10.5. The van der Waals surface area contributed by atoms with Crippen LogP contribution < -0.4 is 5.19 Å². The first kappa shape index (κ1) is 13.2. The summed E-state index contributed by atoms with van der Waals surface area (Å²) in [5.41, 5.74) is 0. The van der Waals surface area contributed by atoms with Gasteiger partial charge in [-0.1, -0.05) is 19.1 Å². The molecule has 0 aliphatic heterocycles. The fourth-order valence-corrected chi connectivity index (χ4v) is 3.54. The molecule has 3 nitrogen and oxygen atoms in total. The van der Waals surface area contributed by atoms with Gasteiger partial charge in [-0.05, 0) is 29.8 Å². The van der Waals surface area contributed by atoms with Crippen molar-refractivity contribution in [1.29, 1.82) is 0 Å². The van der Waals surface area contributed by atoms with E-state index in [0.29, 0.717) is 5.75 Å². The Kier molecular flexibility index (Phi) is 6.14. The molecule has 1 aromatic rings. The van der Waals surface area contributed by atoms with Crippen LogP contribution in [0, 0.1) is 0 Å². The lowest BCUT2D eigenvalue weighted by Gasteiger charge is -2.14. The van der Waals surface area contributed by atoms with Crippen molar-refractivity contribution in [2.75, 3.05) is 20.3 Å². The van der Waals surface area contributed by atoms with Crippen LogP contribution in [0.25, 0.3) is 0 Å². The summed E-state index contributed by atoms with van der Waals surface area (Å²) in [6, 6.07) is 8.45. The van der Waals surface area contributed by atoms with Gasteiger partial charge >= 0.3 is 0 Å². The fraction of sp³-hybridized carbons (Fsp3) is 0.500. The molecule has 0 bridgehead atoms. The Hall–Kier alpha value is -0.843. The highest BCUT2D eigenvalue weighted by Crippen LogP contribution is 2.05. The summed E-state index contributed by atoms with van der Waals surface area (Å²) in [4.78, 5) is 0. The van der Waals surface area contributed by atoms with Crippen LogP contribution in [-0.2, 0) is 9.16 Å². The summed E-state index contributed by atoms with van der Waals surface area (Å²) in [6.07, 6.45) is 0.943. The Morgan fingerprint density at radius 3 is 2.44 bits per heavy atom. The molecule has 16 heavy (non-hydrogen) atoms. The van der Waals surface area contributed by atoms with E-state index in [9.17, 15) is 5.11 Å². The summed E-state index contributed by atoms with van der Waals surface area (Å²) < 4.78 is 10.9. The quantitative estimate of drug-likeness (QED) is 0.578. The Bertz CT molecular complexity index is 287. The van der Waals surface area contributed by atoms with Crippen LogP contribution in [0.5, 0.6) is 5.75 Å². The van der Waals surface area contributed by atoms with E-state index < -0.39 is 9.04 Å². The van der Waals surface area contributed by atoms with E-state index in [4.69, 9.17) is 9.16 Å². The predicted octanol–water partition coefficient (Wildman–Crippen LogP) is 1.40. The number of phenolic OH excluding ortho intramolecular Hbond substituents is 1. The van der Waals surface area contributed by atoms with Crippen LogP contribution in [0.15, 0.2) is 24.3 Å². The maximum atomic E-state index is 9.22. The van der Waals surface area contributed by atoms with Crippen molar-refractivity contribution in [3.63, 3.8) is 0 Å². The molecule has 90 valence electrons. The lowest BCUT2D eigenvalue weighted by atomic mass is 10.3. The van der Waals surface area contributed by atoms with E-state index in [1.54, 1.807) is 19.2 Å². The van der Waals surface area contributed by atoms with Crippen molar-refractivity contribution in [3.8, 4) is 5.75 Å². The lowest BCUT2D eigenvalue weighted by molar-refractivity contribution is 0.172. The van der Waals surface area contributed by atoms with Crippen LogP contribution in [0.1, 0.15) is 13.3 Å². The molecule has 1 N–H and O–H groups in total. The van der Waals surface area contributed by atoms with Crippen LogP contribution in [0.3, 0.4) is 0 Å². The van der Waals surface area contributed by atoms with Crippen LogP contribution >= 0.6 is 0 Å². The summed E-state index contributed by atoms with van der Waals surface area (Å²) in [6.45, 7) is 3.67. The molecule has 1 atom stereocenters. The Morgan fingerprint density at radius 1 is 1.19 bits per heavy atom. The number of ether oxygens (including phenoxy) is 1. The number of rotatable bonds is 7. The first-order valence-corrected chi connectivity index (χ1v) is 7.54. The standard InChI is InChI=1S/C12H20O3Si/c1-3-16(15-10-4-9-14-2)12-7-5-11(13)6-8-12/h5-8,13,16H,3-4,9-10H2,1-2H3. The third-order valence-corrected chi connectivity index (χ3v) is 4.96. The zero-order valence-electron chi connectivity index (χ0n) is 9.98. The van der Waals surface area contributed by atoms with E-state index in [2.05, 4.69) is 6.92 Å². The molecule has 1 aromatic carbocycles. The molecule has 0 fully saturated rings. The van der Waals surface area contributed by atoms with Crippen molar-refractivity contribution in [2.24, 2.45) is 0 Å². The molecule has 0 spiro atoms. The second-order valence-electron chi connectivity index (χ2n) is 3.71. The summed E-state index contributed by atoms with van der Waals surface area (Å²) in [5.74, 6) is 0.312. The molecule has 0 radical (unpaired) electrons. The monoisotopic (exact) mass is 240 g/mol. The number of benzene rings is 1. The summed E-state index contributed by atoms with van der Waals surface area (Å²) in [7, 11) is 0.402. The van der Waals surface area contributed by atoms with Gasteiger partial charge < -0.3 is 14.3 Å². The van der Waals surface area contributed by atoms with E-state index in [0.717, 1.165) is 25.7 Å². The van der Waals surface area contributed by atoms with E-state index in [-0.39, 0.29) is 0 Å². The van der Waals surface area contributed by atoms with Crippen molar-refractivity contribution in [2.45, 2.75) is 19.4 Å². The largest absolute Gasteiger partial charge is 0.508 e. The Balaban J connectivity index is 2.44. The minimum absolute atomic E-state index is 0.312. The lowest BCUT2D eigenvalue weighted by Crippen LogP contribution is -2.33. The van der Waals surface area contributed by atoms with Crippen molar-refractivity contribution in [1.82, 2.24) is 0 Å². The SMILES string of the molecule is CC[SiH](OCCCOC)c1ccc(O)cc1. The normalized spacial score (nSPS) is 12.6. The zero-order chi connectivity index (χ0) is 11.8. The Labute approximate surface area is 98.7 Å². The number of methoxy groups -OCH3 is 1. The summed E-state index contributed by atoms with van der Waals surface area (Å²) >= 11 is 0. The second-order valence-corrected chi connectivity index (χ2v) is 6.50. The predicted molar refractivity (Wildman–Crippen MR) is 67.8 cm³/mol. The average molecular weight is 240 g/mol. The highest BCUT2D eigenvalue weighted by Gasteiger charge is 2.11. The van der Waals surface area contributed by atoms with Gasteiger partial charge in [-0.3, -0.25) is 0 Å². The van der Waals surface area contributed by atoms with Gasteiger partial charge in [-0.25, -0.2) is 0 Å². The van der Waals surface area contributed by atoms with Crippen molar-refractivity contribution < 1.29 is 14.3 Å². The smallest absolute Gasteiger partial charge is 0.207 e. The molecular formula is C12H20O3Si. The van der Waals surface area contributed by atoms with Gasteiger partial charge in [0, 0.05) is 20.3 Å². The molecule has 1 unspecified atom stereocenters. The first-order chi connectivity index (χ1) is 7.77. The topological polar surface area (TPSA) is 38.7 Å². The fourth-order valence-electron chi connectivity index (χ4n) is 1.57. The van der Waals surface area contributed by atoms with Gasteiger partial charge in [0.25, 0.3) is 0 Å². The van der Waals surface area contributed by atoms with Crippen molar-refractivity contribution >= 4 is 14.2 Å². The number of aromatic hydroxyl groups is 1. The first-order valence-electron chi connectivity index (χ1n) is 5.67. The highest BCUT2D eigenvalue weighted by atomic mass is 28.3. The molecule has 0 aliphatic carbocycles. The average Bonchev–Trinajstić information content (AvgIpc) is 2.31. The third-order valence-electron chi connectivity index (χ3n) is 2.45. The molecule has 0 aliphatic rings. The van der Waals surface area contributed by atoms with Gasteiger partial charge in [-0.15, -0.1) is 0 Å². The van der Waals surface area contributed by atoms with Crippen LogP contribution in [0.2, 0.25) is 6.04 Å². The van der Waals surface area contributed by atoms with E-state index >= 15 is 0 Å². The van der Waals surface area contributed by atoms with Crippen molar-refractivity contribution in [3.05, 3.63) is 24.3 Å². The van der Waals surface area contributed by atoms with Crippen LogP contribution in [-0.4, -0.2) is 34.5 Å².